The fraction of sp³-hybridized carbons (Fsp3) is 0.150. The van der Waals surface area contributed by atoms with E-state index < -0.39 is 11.7 Å². The highest BCUT2D eigenvalue weighted by Crippen LogP contribution is 2.33. The summed E-state index contributed by atoms with van der Waals surface area (Å²) in [5, 5.41) is 3.00. The number of amidine groups is 1. The summed E-state index contributed by atoms with van der Waals surface area (Å²) >= 11 is 7.09. The first kappa shape index (κ1) is 20.9. The van der Waals surface area contributed by atoms with E-state index in [1.165, 1.54) is 26.2 Å². The Labute approximate surface area is 175 Å². The summed E-state index contributed by atoms with van der Waals surface area (Å²) in [6.07, 6.45) is 1.63. The van der Waals surface area contributed by atoms with Crippen LogP contribution in [-0.4, -0.2) is 24.1 Å². The molecule has 1 aliphatic heterocycles. The van der Waals surface area contributed by atoms with Gasteiger partial charge in [0.1, 0.15) is 12.4 Å². The lowest BCUT2D eigenvalue weighted by molar-refractivity contribution is -0.117. The van der Waals surface area contributed by atoms with Crippen LogP contribution in [-0.2, 0) is 16.2 Å². The number of ether oxygens (including phenoxy) is 2. The Kier molecular flexibility index (Phi) is 6.56. The molecule has 0 atom stereocenters. The van der Waals surface area contributed by atoms with Gasteiger partial charge in [0, 0.05) is 12.5 Å². The summed E-state index contributed by atoms with van der Waals surface area (Å²) in [6, 6.07) is 9.47. The highest BCUT2D eigenvalue weighted by molar-refractivity contribution is 8.18. The summed E-state index contributed by atoms with van der Waals surface area (Å²) in [5.74, 6) is -0.389. The maximum absolute atomic E-state index is 13.9. The first-order chi connectivity index (χ1) is 13.9. The van der Waals surface area contributed by atoms with Gasteiger partial charge in [-0.05, 0) is 47.7 Å². The molecule has 6 nitrogen and oxygen atoms in total. The SMILES string of the molecule is COc1cc(/C=C2\SC(NC(C)=O)=NC2=O)ccc1OCc1c(F)cccc1Cl. The Morgan fingerprint density at radius 1 is 1.31 bits per heavy atom. The van der Waals surface area contributed by atoms with Gasteiger partial charge in [-0.2, -0.15) is 4.99 Å². The van der Waals surface area contributed by atoms with Crippen molar-refractivity contribution in [3.8, 4) is 11.5 Å². The quantitative estimate of drug-likeness (QED) is 0.714. The molecule has 1 aliphatic rings. The van der Waals surface area contributed by atoms with E-state index in [-0.39, 0.29) is 28.3 Å². The van der Waals surface area contributed by atoms with Gasteiger partial charge in [-0.3, -0.25) is 9.59 Å². The summed E-state index contributed by atoms with van der Waals surface area (Å²) in [4.78, 5) is 27.2. The van der Waals surface area contributed by atoms with Gasteiger partial charge in [0.25, 0.3) is 5.91 Å². The van der Waals surface area contributed by atoms with Crippen molar-refractivity contribution in [1.29, 1.82) is 0 Å². The van der Waals surface area contributed by atoms with Crippen molar-refractivity contribution in [2.75, 3.05) is 7.11 Å². The molecule has 0 saturated carbocycles. The van der Waals surface area contributed by atoms with Crippen LogP contribution in [0.25, 0.3) is 6.08 Å². The number of benzene rings is 2. The van der Waals surface area contributed by atoms with E-state index >= 15 is 0 Å². The Bertz CT molecular complexity index is 1020. The molecule has 0 unspecified atom stereocenters. The number of carbonyl (C=O) groups excluding carboxylic acids is 2. The number of carbonyl (C=O) groups is 2. The van der Waals surface area contributed by atoms with Crippen LogP contribution in [0.3, 0.4) is 0 Å². The van der Waals surface area contributed by atoms with Crippen LogP contribution in [0.2, 0.25) is 5.02 Å². The minimum absolute atomic E-state index is 0.0649. The van der Waals surface area contributed by atoms with Crippen molar-refractivity contribution in [3.63, 3.8) is 0 Å². The molecule has 9 heteroatoms. The molecule has 0 aromatic heterocycles. The number of aliphatic imine (C=N–C) groups is 1. The molecule has 0 bridgehead atoms. The summed E-state index contributed by atoms with van der Waals surface area (Å²) < 4.78 is 24.9. The zero-order valence-corrected chi connectivity index (χ0v) is 17.1. The van der Waals surface area contributed by atoms with E-state index in [1.807, 2.05) is 0 Å². The number of rotatable bonds is 5. The third-order valence-corrected chi connectivity index (χ3v) is 5.08. The number of halogens is 2. The first-order valence-electron chi connectivity index (χ1n) is 8.41. The zero-order valence-electron chi connectivity index (χ0n) is 15.5. The molecule has 3 rings (SSSR count). The number of nitrogens with one attached hydrogen (secondary N) is 1. The van der Waals surface area contributed by atoms with Crippen LogP contribution in [0.4, 0.5) is 4.39 Å². The van der Waals surface area contributed by atoms with Gasteiger partial charge in [0.2, 0.25) is 5.91 Å². The Balaban J connectivity index is 1.76. The van der Waals surface area contributed by atoms with E-state index in [2.05, 4.69) is 10.3 Å². The molecule has 2 aromatic rings. The fourth-order valence-electron chi connectivity index (χ4n) is 2.48. The number of amides is 2. The van der Waals surface area contributed by atoms with Crippen LogP contribution >= 0.6 is 23.4 Å². The molecule has 0 fully saturated rings. The molecule has 2 aromatic carbocycles. The van der Waals surface area contributed by atoms with Crippen molar-refractivity contribution in [2.45, 2.75) is 13.5 Å². The van der Waals surface area contributed by atoms with Gasteiger partial charge >= 0.3 is 0 Å². The van der Waals surface area contributed by atoms with E-state index in [9.17, 15) is 14.0 Å². The Hall–Kier alpha value is -2.84. The number of nitrogens with zero attached hydrogens (tertiary/aromatic N) is 1. The van der Waals surface area contributed by atoms with E-state index in [0.29, 0.717) is 22.0 Å². The van der Waals surface area contributed by atoms with Gasteiger partial charge in [-0.1, -0.05) is 23.7 Å². The smallest absolute Gasteiger partial charge is 0.286 e. The minimum Gasteiger partial charge on any atom is -0.493 e. The molecule has 2 amide bonds. The van der Waals surface area contributed by atoms with Crippen molar-refractivity contribution in [2.24, 2.45) is 4.99 Å². The van der Waals surface area contributed by atoms with Crippen LogP contribution < -0.4 is 14.8 Å². The van der Waals surface area contributed by atoms with Crippen molar-refractivity contribution in [3.05, 3.63) is 63.3 Å². The maximum Gasteiger partial charge on any atom is 0.286 e. The molecule has 1 heterocycles. The molecule has 150 valence electrons. The third-order valence-electron chi connectivity index (χ3n) is 3.82. The van der Waals surface area contributed by atoms with Crippen LogP contribution in [0.5, 0.6) is 11.5 Å². The lowest BCUT2D eigenvalue weighted by atomic mass is 10.2. The number of hydrogen-bond donors (Lipinski definition) is 1. The molecule has 29 heavy (non-hydrogen) atoms. The lowest BCUT2D eigenvalue weighted by Crippen LogP contribution is -2.23. The van der Waals surface area contributed by atoms with Crippen LogP contribution in [0, 0.1) is 5.82 Å². The molecule has 0 radical (unpaired) electrons. The van der Waals surface area contributed by atoms with Gasteiger partial charge < -0.3 is 14.8 Å². The van der Waals surface area contributed by atoms with Crippen molar-refractivity contribution < 1.29 is 23.5 Å². The van der Waals surface area contributed by atoms with Crippen LogP contribution in [0.1, 0.15) is 18.1 Å². The van der Waals surface area contributed by atoms with E-state index in [4.69, 9.17) is 21.1 Å². The minimum atomic E-state index is -0.454. The Morgan fingerprint density at radius 3 is 2.79 bits per heavy atom. The topological polar surface area (TPSA) is 77.0 Å². The summed E-state index contributed by atoms with van der Waals surface area (Å²) in [5.41, 5.74) is 0.922. The summed E-state index contributed by atoms with van der Waals surface area (Å²) in [7, 11) is 1.47. The second kappa shape index (κ2) is 9.11. The van der Waals surface area contributed by atoms with Gasteiger partial charge in [-0.25, -0.2) is 4.39 Å². The predicted molar refractivity (Wildman–Crippen MR) is 111 cm³/mol. The predicted octanol–water partition coefficient (Wildman–Crippen LogP) is 4.17. The average molecular weight is 435 g/mol. The van der Waals surface area contributed by atoms with Crippen molar-refractivity contribution >= 4 is 46.4 Å². The molecular formula is C20H16ClFN2O4S. The third kappa shape index (κ3) is 5.16. The van der Waals surface area contributed by atoms with Gasteiger partial charge in [0.15, 0.2) is 16.7 Å². The molecule has 0 saturated heterocycles. The maximum atomic E-state index is 13.9. The second-order valence-electron chi connectivity index (χ2n) is 5.91. The zero-order chi connectivity index (χ0) is 21.0. The molecule has 0 spiro atoms. The average Bonchev–Trinajstić information content (AvgIpc) is 3.00. The van der Waals surface area contributed by atoms with Crippen LogP contribution in [0.15, 0.2) is 46.3 Å². The molecule has 0 aliphatic carbocycles. The standard InChI is InChI=1S/C20H16ClFN2O4S/c1-11(25)23-20-24-19(26)18(29-20)9-12-6-7-16(17(8-12)27-2)28-10-13-14(21)4-3-5-15(13)22/h3-9H,10H2,1-2H3,(H,23,24,25,26)/b18-9-. The molecule has 1 N–H and O–H groups in total. The Morgan fingerprint density at radius 2 is 2.10 bits per heavy atom. The number of methoxy groups -OCH3 is 1. The summed E-state index contributed by atoms with van der Waals surface area (Å²) in [6.45, 7) is 1.28. The normalized spacial score (nSPS) is 14.7. The second-order valence-corrected chi connectivity index (χ2v) is 7.35. The van der Waals surface area contributed by atoms with Gasteiger partial charge in [-0.15, -0.1) is 0 Å². The number of hydrogen-bond acceptors (Lipinski definition) is 5. The lowest BCUT2D eigenvalue weighted by Gasteiger charge is -2.12. The van der Waals surface area contributed by atoms with E-state index in [0.717, 1.165) is 11.8 Å². The highest BCUT2D eigenvalue weighted by atomic mass is 35.5. The molecular weight excluding hydrogens is 419 g/mol. The first-order valence-corrected chi connectivity index (χ1v) is 9.60. The fourth-order valence-corrected chi connectivity index (χ4v) is 3.56. The largest absolute Gasteiger partial charge is 0.493 e. The van der Waals surface area contributed by atoms with Gasteiger partial charge in [0.05, 0.1) is 17.0 Å². The van der Waals surface area contributed by atoms with Crippen molar-refractivity contribution in [1.82, 2.24) is 5.32 Å². The highest BCUT2D eigenvalue weighted by Gasteiger charge is 2.22. The number of thioether (sulfide) groups is 1. The monoisotopic (exact) mass is 434 g/mol. The van der Waals surface area contributed by atoms with E-state index in [1.54, 1.807) is 30.3 Å².